The molecule has 0 radical (unpaired) electrons. The Labute approximate surface area is 409 Å². The highest BCUT2D eigenvalue weighted by Gasteiger charge is 2.47. The molecule has 11 rings (SSSR count). The molecule has 0 saturated heterocycles. The minimum Gasteiger partial charge on any atom is -0.344 e. The molecule has 0 N–H and O–H groups in total. The number of fused-ring (bicyclic) bond motifs is 5. The topological polar surface area (TPSA) is 9.72 Å². The molecule has 69 heavy (non-hydrogen) atoms. The second-order valence-electron chi connectivity index (χ2n) is 19.1. The number of para-hydroxylation sites is 3. The van der Waals surface area contributed by atoms with Crippen molar-refractivity contribution in [3.8, 4) is 0 Å². The standard InChI is InChI=1S/C66H59N3/c1-6-25-47(7-2)55(48-26-11-8-12-27-48)44-52-34-19-17-28-49-29-18-22-37-60(49)68(52)53-40-42-61-58(45-53)65(3,4)59-46-54(41-43-62(59)67(61)5)69-63-38-23-20-35-56(63)66(50-30-13-9-14-31-50,51-32-15-10-16-33-51)57-36-21-24-39-64(57)69/h6-9,11-15,17-46,55H,10,16H2,1-5H3/b25-6-,28-17-,34-19-,47-7+,52-44-. The molecule has 4 aliphatic rings. The van der Waals surface area contributed by atoms with E-state index in [9.17, 15) is 0 Å². The van der Waals surface area contributed by atoms with Crippen LogP contribution in [0.4, 0.5) is 39.8 Å². The van der Waals surface area contributed by atoms with Crippen LogP contribution in [-0.2, 0) is 10.8 Å². The fraction of sp³-hybridized carbons (Fsp3) is 0.152. The Kier molecular flexibility index (Phi) is 11.4. The lowest BCUT2D eigenvalue weighted by Gasteiger charge is -2.47. The van der Waals surface area contributed by atoms with Gasteiger partial charge in [0.05, 0.1) is 22.5 Å². The molecular weight excluding hydrogens is 835 g/mol. The smallest absolute Gasteiger partial charge is 0.0739 e. The molecule has 0 spiro atoms. The van der Waals surface area contributed by atoms with Gasteiger partial charge in [0.2, 0.25) is 0 Å². The van der Waals surface area contributed by atoms with Crippen LogP contribution in [0.2, 0.25) is 0 Å². The van der Waals surface area contributed by atoms with Gasteiger partial charge in [-0.15, -0.1) is 0 Å². The van der Waals surface area contributed by atoms with Gasteiger partial charge in [-0.2, -0.15) is 0 Å². The average Bonchev–Trinajstić information content (AvgIpc) is 3.39. The number of hydrogen-bond donors (Lipinski definition) is 0. The Hall–Kier alpha value is -7.88. The Morgan fingerprint density at radius 1 is 0.551 bits per heavy atom. The molecule has 1 atom stereocenters. The van der Waals surface area contributed by atoms with Crippen LogP contribution in [0.15, 0.2) is 247 Å². The molecular formula is C66H59N3. The molecule has 338 valence electrons. The van der Waals surface area contributed by atoms with Gasteiger partial charge in [-0.3, -0.25) is 0 Å². The predicted molar refractivity (Wildman–Crippen MR) is 293 cm³/mol. The SMILES string of the molecule is C/C=C\C(=C/C)C(/C=C1/C=C\C=C/c2ccccc2N1c1ccc2c(c1)C(C)(C)c1cc(N3c4ccccc4C(C4=CCCC=C4)(c4ccccc4)c4ccccc43)ccc1N2C)c1ccccc1. The van der Waals surface area contributed by atoms with E-state index in [1.54, 1.807) is 0 Å². The second kappa shape index (κ2) is 18.0. The van der Waals surface area contributed by atoms with E-state index in [1.807, 2.05) is 0 Å². The Morgan fingerprint density at radius 3 is 1.75 bits per heavy atom. The minimum absolute atomic E-state index is 0.0365. The molecule has 1 unspecified atom stereocenters. The van der Waals surface area contributed by atoms with Crippen molar-refractivity contribution in [2.75, 3.05) is 21.7 Å². The lowest BCUT2D eigenvalue weighted by molar-refractivity contribution is 0.629. The number of hydrogen-bond acceptors (Lipinski definition) is 3. The Morgan fingerprint density at radius 2 is 1.13 bits per heavy atom. The molecule has 3 aliphatic heterocycles. The van der Waals surface area contributed by atoms with Crippen molar-refractivity contribution in [1.29, 1.82) is 0 Å². The van der Waals surface area contributed by atoms with E-state index in [0.717, 1.165) is 35.6 Å². The fourth-order valence-electron chi connectivity index (χ4n) is 11.6. The second-order valence-corrected chi connectivity index (χ2v) is 19.1. The van der Waals surface area contributed by atoms with Gasteiger partial charge in [0, 0.05) is 46.8 Å². The lowest BCUT2D eigenvalue weighted by Crippen LogP contribution is -2.38. The maximum absolute atomic E-state index is 2.52. The quantitative estimate of drug-likeness (QED) is 0.141. The maximum Gasteiger partial charge on any atom is 0.0739 e. The van der Waals surface area contributed by atoms with Gasteiger partial charge >= 0.3 is 0 Å². The number of benzene rings is 7. The molecule has 0 saturated carbocycles. The highest BCUT2D eigenvalue weighted by atomic mass is 15.2. The van der Waals surface area contributed by atoms with Crippen LogP contribution in [0.25, 0.3) is 6.08 Å². The van der Waals surface area contributed by atoms with E-state index in [-0.39, 0.29) is 11.3 Å². The molecule has 0 fully saturated rings. The molecule has 0 bridgehead atoms. The molecule has 1 aliphatic carbocycles. The molecule has 3 nitrogen and oxygen atoms in total. The van der Waals surface area contributed by atoms with Crippen LogP contribution in [0.5, 0.6) is 0 Å². The first kappa shape index (κ1) is 43.7. The van der Waals surface area contributed by atoms with E-state index in [0.29, 0.717) is 0 Å². The molecule has 0 amide bonds. The monoisotopic (exact) mass is 893 g/mol. The van der Waals surface area contributed by atoms with Crippen molar-refractivity contribution in [1.82, 2.24) is 0 Å². The van der Waals surface area contributed by atoms with Gasteiger partial charge in [-0.25, -0.2) is 0 Å². The van der Waals surface area contributed by atoms with Gasteiger partial charge in [0.25, 0.3) is 0 Å². The first-order valence-electron chi connectivity index (χ1n) is 24.6. The van der Waals surface area contributed by atoms with Crippen LogP contribution >= 0.6 is 0 Å². The highest BCUT2D eigenvalue weighted by Crippen LogP contribution is 2.59. The van der Waals surface area contributed by atoms with Gasteiger partial charge < -0.3 is 14.7 Å². The van der Waals surface area contributed by atoms with Crippen molar-refractivity contribution in [3.05, 3.63) is 286 Å². The molecule has 7 aromatic carbocycles. The minimum atomic E-state index is -0.476. The third-order valence-electron chi connectivity index (χ3n) is 14.9. The van der Waals surface area contributed by atoms with E-state index in [2.05, 4.69) is 286 Å². The largest absolute Gasteiger partial charge is 0.344 e. The molecule has 0 aromatic heterocycles. The summed E-state index contributed by atoms with van der Waals surface area (Å²) >= 11 is 0. The number of nitrogens with zero attached hydrogens (tertiary/aromatic N) is 3. The molecule has 3 heterocycles. The first-order valence-corrected chi connectivity index (χ1v) is 24.6. The summed E-state index contributed by atoms with van der Waals surface area (Å²) in [6, 6.07) is 63.3. The maximum atomic E-state index is 2.52. The number of anilines is 7. The fourth-order valence-corrected chi connectivity index (χ4v) is 11.6. The summed E-state index contributed by atoms with van der Waals surface area (Å²) in [5.74, 6) is 0.0365. The highest BCUT2D eigenvalue weighted by molar-refractivity contribution is 5.92. The Bertz CT molecular complexity index is 3250. The van der Waals surface area contributed by atoms with Crippen LogP contribution in [0.3, 0.4) is 0 Å². The zero-order valence-corrected chi connectivity index (χ0v) is 40.3. The summed E-state index contributed by atoms with van der Waals surface area (Å²) < 4.78 is 0. The van der Waals surface area contributed by atoms with Crippen molar-refractivity contribution in [2.45, 2.75) is 57.3 Å². The molecule has 7 aromatic rings. The summed E-state index contributed by atoms with van der Waals surface area (Å²) in [4.78, 5) is 7.38. The molecule has 3 heteroatoms. The third kappa shape index (κ3) is 7.27. The van der Waals surface area contributed by atoms with Gasteiger partial charge in [0.15, 0.2) is 0 Å². The van der Waals surface area contributed by atoms with Gasteiger partial charge in [0.1, 0.15) is 0 Å². The first-order chi connectivity index (χ1) is 33.8. The summed E-state index contributed by atoms with van der Waals surface area (Å²) in [6.45, 7) is 9.07. The van der Waals surface area contributed by atoms with Crippen molar-refractivity contribution in [2.24, 2.45) is 0 Å². The summed E-state index contributed by atoms with van der Waals surface area (Å²) in [5.41, 5.74) is 20.0. The summed E-state index contributed by atoms with van der Waals surface area (Å²) in [5, 5.41) is 0. The van der Waals surface area contributed by atoms with E-state index < -0.39 is 5.41 Å². The summed E-state index contributed by atoms with van der Waals surface area (Å²) in [7, 11) is 2.23. The van der Waals surface area contributed by atoms with Crippen LogP contribution in [-0.4, -0.2) is 7.05 Å². The van der Waals surface area contributed by atoms with Gasteiger partial charge in [-0.05, 0) is 144 Å². The van der Waals surface area contributed by atoms with E-state index in [4.69, 9.17) is 0 Å². The van der Waals surface area contributed by atoms with Crippen LogP contribution in [0.1, 0.15) is 85.4 Å². The van der Waals surface area contributed by atoms with Crippen molar-refractivity contribution >= 4 is 45.9 Å². The van der Waals surface area contributed by atoms with Crippen LogP contribution < -0.4 is 14.7 Å². The number of allylic oxidation sites excluding steroid dienone is 12. The lowest BCUT2D eigenvalue weighted by atomic mass is 9.61. The zero-order chi connectivity index (χ0) is 47.1. The van der Waals surface area contributed by atoms with E-state index in [1.165, 1.54) is 72.8 Å². The Balaban J connectivity index is 1.07. The normalized spacial score (nSPS) is 18.5. The zero-order valence-electron chi connectivity index (χ0n) is 40.3. The van der Waals surface area contributed by atoms with Crippen molar-refractivity contribution < 1.29 is 0 Å². The van der Waals surface area contributed by atoms with Gasteiger partial charge in [-0.1, -0.05) is 184 Å². The average molecular weight is 894 g/mol. The predicted octanol–water partition coefficient (Wildman–Crippen LogP) is 17.4. The third-order valence-corrected chi connectivity index (χ3v) is 14.9. The summed E-state index contributed by atoms with van der Waals surface area (Å²) in [6.07, 6.45) is 27.2. The van der Waals surface area contributed by atoms with Crippen molar-refractivity contribution in [3.63, 3.8) is 0 Å². The number of rotatable bonds is 8. The van der Waals surface area contributed by atoms with E-state index >= 15 is 0 Å². The van der Waals surface area contributed by atoms with Crippen LogP contribution in [0, 0.1) is 0 Å².